The molecule has 0 unspecified atom stereocenters. The maximum atomic E-state index is 12.9. The predicted octanol–water partition coefficient (Wildman–Crippen LogP) is 1.61. The van der Waals surface area contributed by atoms with Crippen molar-refractivity contribution in [1.82, 2.24) is 9.71 Å². The van der Waals surface area contributed by atoms with E-state index in [4.69, 9.17) is 19.0 Å². The van der Waals surface area contributed by atoms with Crippen LogP contribution in [0.2, 0.25) is 0 Å². The van der Waals surface area contributed by atoms with Gasteiger partial charge in [0.15, 0.2) is 10.8 Å². The molecule has 2 aromatic rings. The number of nitrogens with zero attached hydrogens (tertiary/aromatic N) is 2. The van der Waals surface area contributed by atoms with Crippen molar-refractivity contribution in [3.8, 4) is 0 Å². The van der Waals surface area contributed by atoms with E-state index in [0.29, 0.717) is 17.3 Å². The SMILES string of the molecule is COCCNS(=O)(=O)c1ccc(/C(=N\O[C@H](C)COC)C(=O)Nc2ncc(COC)s2)cc1. The Hall–Kier alpha value is -2.42. The number of hydrogen-bond donors (Lipinski definition) is 2. The van der Waals surface area contributed by atoms with E-state index in [2.05, 4.69) is 20.2 Å². The summed E-state index contributed by atoms with van der Waals surface area (Å²) in [6, 6.07) is 5.72. The van der Waals surface area contributed by atoms with E-state index in [1.165, 1.54) is 49.8 Å². The van der Waals surface area contributed by atoms with Crippen molar-refractivity contribution in [1.29, 1.82) is 0 Å². The molecule has 0 radical (unpaired) electrons. The number of sulfonamides is 1. The first-order chi connectivity index (χ1) is 15.8. The molecule has 0 fully saturated rings. The fourth-order valence-electron chi connectivity index (χ4n) is 2.52. The van der Waals surface area contributed by atoms with E-state index in [-0.39, 0.29) is 30.4 Å². The molecule has 1 atom stereocenters. The molecule has 0 aliphatic heterocycles. The fourth-order valence-corrected chi connectivity index (χ4v) is 4.31. The number of carbonyl (C=O) groups excluding carboxylic acids is 1. The van der Waals surface area contributed by atoms with Crippen molar-refractivity contribution in [2.24, 2.45) is 5.16 Å². The van der Waals surface area contributed by atoms with Crippen LogP contribution in [0.3, 0.4) is 0 Å². The number of anilines is 1. The molecule has 0 bridgehead atoms. The Morgan fingerprint density at radius 3 is 2.52 bits per heavy atom. The molecule has 182 valence electrons. The third kappa shape index (κ3) is 8.46. The number of aromatic nitrogens is 1. The monoisotopic (exact) mass is 500 g/mol. The van der Waals surface area contributed by atoms with Gasteiger partial charge in [0, 0.05) is 39.6 Å². The first-order valence-electron chi connectivity index (χ1n) is 9.87. The van der Waals surface area contributed by atoms with Crippen molar-refractivity contribution in [3.63, 3.8) is 0 Å². The van der Waals surface area contributed by atoms with Crippen LogP contribution in [0.1, 0.15) is 17.4 Å². The average molecular weight is 501 g/mol. The van der Waals surface area contributed by atoms with Gasteiger partial charge in [-0.05, 0) is 19.1 Å². The van der Waals surface area contributed by atoms with Crippen LogP contribution in [-0.2, 0) is 40.5 Å². The number of benzene rings is 1. The molecule has 2 rings (SSSR count). The summed E-state index contributed by atoms with van der Waals surface area (Å²) >= 11 is 1.26. The molecule has 11 nitrogen and oxygen atoms in total. The second-order valence-electron chi connectivity index (χ2n) is 6.75. The van der Waals surface area contributed by atoms with E-state index in [0.717, 1.165) is 4.88 Å². The number of oxime groups is 1. The molecule has 13 heteroatoms. The maximum absolute atomic E-state index is 12.9. The normalized spacial score (nSPS) is 13.0. The number of ether oxygens (including phenoxy) is 3. The van der Waals surface area contributed by atoms with Gasteiger partial charge in [0.1, 0.15) is 6.10 Å². The van der Waals surface area contributed by atoms with Crippen LogP contribution in [0.4, 0.5) is 5.13 Å². The number of hydrogen-bond acceptors (Lipinski definition) is 10. The quantitative estimate of drug-likeness (QED) is 0.227. The van der Waals surface area contributed by atoms with Crippen molar-refractivity contribution in [2.45, 2.75) is 24.5 Å². The molecule has 0 saturated heterocycles. The van der Waals surface area contributed by atoms with Gasteiger partial charge in [-0.1, -0.05) is 28.6 Å². The summed E-state index contributed by atoms with van der Waals surface area (Å²) in [5.41, 5.74) is 0.319. The Balaban J connectivity index is 2.25. The molecule has 0 aliphatic rings. The number of thiazole rings is 1. The van der Waals surface area contributed by atoms with Crippen LogP contribution in [0.25, 0.3) is 0 Å². The number of carbonyl (C=O) groups is 1. The van der Waals surface area contributed by atoms with Crippen molar-refractivity contribution in [2.75, 3.05) is 46.4 Å². The van der Waals surface area contributed by atoms with Gasteiger partial charge in [-0.25, -0.2) is 18.1 Å². The van der Waals surface area contributed by atoms with Gasteiger partial charge in [0.2, 0.25) is 10.0 Å². The summed E-state index contributed by atoms with van der Waals surface area (Å²) in [7, 11) is 0.855. The summed E-state index contributed by atoms with van der Waals surface area (Å²) in [6.07, 6.45) is 1.20. The smallest absolute Gasteiger partial charge is 0.280 e. The molecule has 1 aromatic heterocycles. The molecule has 33 heavy (non-hydrogen) atoms. The minimum Gasteiger partial charge on any atom is -0.390 e. The fraction of sp³-hybridized carbons (Fsp3) is 0.450. The van der Waals surface area contributed by atoms with Crippen molar-refractivity contribution >= 4 is 38.1 Å². The van der Waals surface area contributed by atoms with E-state index in [9.17, 15) is 13.2 Å². The van der Waals surface area contributed by atoms with Gasteiger partial charge in [-0.3, -0.25) is 10.1 Å². The third-order valence-corrected chi connectivity index (χ3v) is 6.40. The molecule has 1 amide bonds. The van der Waals surface area contributed by atoms with Gasteiger partial charge in [-0.2, -0.15) is 0 Å². The lowest BCUT2D eigenvalue weighted by molar-refractivity contribution is -0.110. The minimum atomic E-state index is -3.72. The molecule has 2 N–H and O–H groups in total. The van der Waals surface area contributed by atoms with E-state index in [1.54, 1.807) is 20.2 Å². The van der Waals surface area contributed by atoms with Gasteiger partial charge >= 0.3 is 0 Å². The molecular weight excluding hydrogens is 472 g/mol. The standard InChI is InChI=1S/C20H28N4O7S2/c1-14(12-29-3)31-24-18(19(25)23-20-21-11-16(32-20)13-30-4)15-5-7-17(8-6-15)33(26,27)22-9-10-28-2/h5-8,11,14,22H,9-10,12-13H2,1-4H3,(H,21,23,25)/b24-18+/t14-/m1/s1. The Morgan fingerprint density at radius 2 is 1.88 bits per heavy atom. The Labute approximate surface area is 197 Å². The highest BCUT2D eigenvalue weighted by Crippen LogP contribution is 2.19. The van der Waals surface area contributed by atoms with Crippen LogP contribution in [0, 0.1) is 0 Å². The molecule has 0 spiro atoms. The van der Waals surface area contributed by atoms with Crippen LogP contribution >= 0.6 is 11.3 Å². The number of rotatable bonds is 14. The van der Waals surface area contributed by atoms with Crippen LogP contribution in [0.5, 0.6) is 0 Å². The zero-order chi connectivity index (χ0) is 24.3. The second kappa shape index (κ2) is 13.3. The van der Waals surface area contributed by atoms with Gasteiger partial charge < -0.3 is 19.0 Å². The van der Waals surface area contributed by atoms with Crippen molar-refractivity contribution in [3.05, 3.63) is 40.9 Å². The maximum Gasteiger partial charge on any atom is 0.280 e. The lowest BCUT2D eigenvalue weighted by Gasteiger charge is -2.12. The Bertz CT molecular complexity index is 1020. The van der Waals surface area contributed by atoms with Crippen LogP contribution in [-0.4, -0.2) is 72.2 Å². The average Bonchev–Trinajstić information content (AvgIpc) is 3.21. The Kier molecular flexibility index (Phi) is 10.8. The molecule has 0 aliphatic carbocycles. The van der Waals surface area contributed by atoms with E-state index in [1.807, 2.05) is 0 Å². The Morgan fingerprint density at radius 1 is 1.15 bits per heavy atom. The van der Waals surface area contributed by atoms with Gasteiger partial charge in [0.25, 0.3) is 5.91 Å². The third-order valence-electron chi connectivity index (χ3n) is 4.04. The molecule has 0 saturated carbocycles. The zero-order valence-electron chi connectivity index (χ0n) is 18.9. The number of methoxy groups -OCH3 is 3. The highest BCUT2D eigenvalue weighted by atomic mass is 32.2. The zero-order valence-corrected chi connectivity index (χ0v) is 20.5. The number of nitrogens with one attached hydrogen (secondary N) is 2. The van der Waals surface area contributed by atoms with Crippen LogP contribution in [0.15, 0.2) is 40.5 Å². The summed E-state index contributed by atoms with van der Waals surface area (Å²) in [4.78, 5) is 23.4. The summed E-state index contributed by atoms with van der Waals surface area (Å²) in [5.74, 6) is -0.563. The lowest BCUT2D eigenvalue weighted by Crippen LogP contribution is -2.27. The van der Waals surface area contributed by atoms with Gasteiger partial charge in [0.05, 0.1) is 29.6 Å². The van der Waals surface area contributed by atoms with Crippen molar-refractivity contribution < 1.29 is 32.3 Å². The highest BCUT2D eigenvalue weighted by Gasteiger charge is 2.20. The van der Waals surface area contributed by atoms with E-state index < -0.39 is 22.0 Å². The highest BCUT2D eigenvalue weighted by molar-refractivity contribution is 7.89. The summed E-state index contributed by atoms with van der Waals surface area (Å²) in [6.45, 7) is 2.77. The first-order valence-corrected chi connectivity index (χ1v) is 12.2. The molecule has 1 heterocycles. The second-order valence-corrected chi connectivity index (χ2v) is 9.63. The molecular formula is C20H28N4O7S2. The van der Waals surface area contributed by atoms with E-state index >= 15 is 0 Å². The van der Waals surface area contributed by atoms with Gasteiger partial charge in [-0.15, -0.1) is 0 Å². The molecule has 1 aromatic carbocycles. The first kappa shape index (κ1) is 26.8. The minimum absolute atomic E-state index is 0.0416. The predicted molar refractivity (Wildman–Crippen MR) is 124 cm³/mol. The summed E-state index contributed by atoms with van der Waals surface area (Å²) in [5, 5.41) is 7.05. The number of amides is 1. The van der Waals surface area contributed by atoms with Crippen LogP contribution < -0.4 is 10.0 Å². The summed E-state index contributed by atoms with van der Waals surface area (Å²) < 4.78 is 42.1. The lowest BCUT2D eigenvalue weighted by atomic mass is 10.1. The topological polar surface area (TPSA) is 137 Å². The largest absolute Gasteiger partial charge is 0.390 e.